The maximum Gasteiger partial charge on any atom is 0.309 e. The van der Waals surface area contributed by atoms with Crippen molar-refractivity contribution in [2.75, 3.05) is 11.4 Å². The standard InChI is InChI=1S/C27H35NO3/c1-2-26(29)28(25-16-10-5-11-17-25)20-22-12-6-4-9-15-24(19-18-22)27(30)31-21-23-13-7-3-8-14-23/h3,5,7-8,10-11,13-14,16-17,22,24H,2,4,6,9,12,15,18-21H2,1H3. The van der Waals surface area contributed by atoms with E-state index in [9.17, 15) is 9.59 Å². The van der Waals surface area contributed by atoms with E-state index in [0.29, 0.717) is 18.9 Å². The summed E-state index contributed by atoms with van der Waals surface area (Å²) in [7, 11) is 0. The smallest absolute Gasteiger partial charge is 0.309 e. The Morgan fingerprint density at radius 2 is 1.55 bits per heavy atom. The van der Waals surface area contributed by atoms with Gasteiger partial charge in [0.25, 0.3) is 0 Å². The lowest BCUT2D eigenvalue weighted by Crippen LogP contribution is -2.35. The van der Waals surface area contributed by atoms with Crippen LogP contribution in [0.3, 0.4) is 0 Å². The minimum atomic E-state index is -0.0750. The van der Waals surface area contributed by atoms with E-state index in [2.05, 4.69) is 0 Å². The lowest BCUT2D eigenvalue weighted by molar-refractivity contribution is -0.150. The Morgan fingerprint density at radius 1 is 0.871 bits per heavy atom. The van der Waals surface area contributed by atoms with Gasteiger partial charge in [0.1, 0.15) is 6.61 Å². The Morgan fingerprint density at radius 3 is 2.26 bits per heavy atom. The highest BCUT2D eigenvalue weighted by molar-refractivity contribution is 5.93. The van der Waals surface area contributed by atoms with Crippen LogP contribution in [0.15, 0.2) is 60.7 Å². The first kappa shape index (κ1) is 23.1. The van der Waals surface area contributed by atoms with Gasteiger partial charge in [0.15, 0.2) is 0 Å². The summed E-state index contributed by atoms with van der Waals surface area (Å²) in [6, 6.07) is 19.8. The van der Waals surface area contributed by atoms with E-state index >= 15 is 0 Å². The molecule has 3 rings (SSSR count). The van der Waals surface area contributed by atoms with Crippen LogP contribution in [0, 0.1) is 11.8 Å². The fourth-order valence-electron chi connectivity index (χ4n) is 4.40. The molecule has 2 unspecified atom stereocenters. The summed E-state index contributed by atoms with van der Waals surface area (Å²) in [4.78, 5) is 27.4. The van der Waals surface area contributed by atoms with E-state index in [1.807, 2.05) is 72.5 Å². The molecule has 0 radical (unpaired) electrons. The van der Waals surface area contributed by atoms with E-state index in [1.165, 1.54) is 0 Å². The van der Waals surface area contributed by atoms with Gasteiger partial charge in [0.05, 0.1) is 5.92 Å². The molecule has 4 nitrogen and oxygen atoms in total. The van der Waals surface area contributed by atoms with Gasteiger partial charge in [-0.25, -0.2) is 0 Å². The summed E-state index contributed by atoms with van der Waals surface area (Å²) in [6.07, 6.45) is 7.63. The number of carbonyl (C=O) groups excluding carboxylic acids is 2. The zero-order valence-electron chi connectivity index (χ0n) is 18.7. The van der Waals surface area contributed by atoms with Crippen LogP contribution in [0.2, 0.25) is 0 Å². The zero-order valence-corrected chi connectivity index (χ0v) is 18.7. The third-order valence-electron chi connectivity index (χ3n) is 6.26. The molecule has 4 heteroatoms. The van der Waals surface area contributed by atoms with Crippen molar-refractivity contribution in [3.63, 3.8) is 0 Å². The summed E-state index contributed by atoms with van der Waals surface area (Å²) in [5.74, 6) is 0.438. The van der Waals surface area contributed by atoms with Crippen molar-refractivity contribution in [1.29, 1.82) is 0 Å². The van der Waals surface area contributed by atoms with Gasteiger partial charge in [-0.1, -0.05) is 74.7 Å². The topological polar surface area (TPSA) is 46.6 Å². The Kier molecular flexibility index (Phi) is 9.14. The van der Waals surface area contributed by atoms with Gasteiger partial charge in [0, 0.05) is 18.7 Å². The number of anilines is 1. The Labute approximate surface area is 186 Å². The third kappa shape index (κ3) is 7.23. The maximum absolute atomic E-state index is 12.8. The Balaban J connectivity index is 1.60. The second-order valence-electron chi connectivity index (χ2n) is 8.57. The van der Waals surface area contributed by atoms with Crippen molar-refractivity contribution in [2.24, 2.45) is 11.8 Å². The zero-order chi connectivity index (χ0) is 21.9. The molecule has 0 aromatic heterocycles. The first-order valence-electron chi connectivity index (χ1n) is 11.7. The van der Waals surface area contributed by atoms with E-state index in [1.54, 1.807) is 0 Å². The van der Waals surface area contributed by atoms with Crippen molar-refractivity contribution in [3.8, 4) is 0 Å². The van der Waals surface area contributed by atoms with Crippen LogP contribution in [-0.4, -0.2) is 18.4 Å². The molecule has 1 aliphatic carbocycles. The van der Waals surface area contributed by atoms with Crippen LogP contribution in [0.5, 0.6) is 0 Å². The second kappa shape index (κ2) is 12.3. The summed E-state index contributed by atoms with van der Waals surface area (Å²) >= 11 is 0. The highest BCUT2D eigenvalue weighted by Crippen LogP contribution is 2.29. The highest BCUT2D eigenvalue weighted by Gasteiger charge is 2.25. The number of benzene rings is 2. The van der Waals surface area contributed by atoms with Crippen LogP contribution in [0.1, 0.15) is 63.9 Å². The van der Waals surface area contributed by atoms with Crippen molar-refractivity contribution in [2.45, 2.75) is 64.9 Å². The summed E-state index contributed by atoms with van der Waals surface area (Å²) in [6.45, 7) is 2.98. The number of amides is 1. The molecule has 1 amide bonds. The van der Waals surface area contributed by atoms with Crippen molar-refractivity contribution < 1.29 is 14.3 Å². The number of esters is 1. The molecule has 1 fully saturated rings. The molecule has 2 aromatic rings. The Bertz CT molecular complexity index is 806. The molecule has 0 aliphatic heterocycles. The predicted molar refractivity (Wildman–Crippen MR) is 125 cm³/mol. The molecule has 0 heterocycles. The van der Waals surface area contributed by atoms with Gasteiger partial charge >= 0.3 is 5.97 Å². The monoisotopic (exact) mass is 421 g/mol. The Hall–Kier alpha value is -2.62. The fraction of sp³-hybridized carbons (Fsp3) is 0.481. The van der Waals surface area contributed by atoms with Crippen LogP contribution in [0.4, 0.5) is 5.69 Å². The number of carbonyl (C=O) groups is 2. The molecule has 2 atom stereocenters. The number of para-hydroxylation sites is 1. The molecule has 0 bridgehead atoms. The lowest BCUT2D eigenvalue weighted by Gasteiger charge is -2.28. The molecule has 166 valence electrons. The van der Waals surface area contributed by atoms with E-state index < -0.39 is 0 Å². The molecule has 31 heavy (non-hydrogen) atoms. The van der Waals surface area contributed by atoms with E-state index in [-0.39, 0.29) is 17.8 Å². The van der Waals surface area contributed by atoms with E-state index in [4.69, 9.17) is 4.74 Å². The van der Waals surface area contributed by atoms with Gasteiger partial charge in [-0.3, -0.25) is 9.59 Å². The number of hydrogen-bond acceptors (Lipinski definition) is 3. The number of hydrogen-bond donors (Lipinski definition) is 0. The first-order chi connectivity index (χ1) is 15.2. The van der Waals surface area contributed by atoms with Crippen molar-refractivity contribution in [1.82, 2.24) is 0 Å². The SMILES string of the molecule is CCC(=O)N(CC1CCCCCC(C(=O)OCc2ccccc2)CC1)c1ccccc1. The second-order valence-corrected chi connectivity index (χ2v) is 8.57. The average Bonchev–Trinajstić information content (AvgIpc) is 2.94. The largest absolute Gasteiger partial charge is 0.461 e. The predicted octanol–water partition coefficient (Wildman–Crippen LogP) is 6.15. The molecule has 0 N–H and O–H groups in total. The minimum absolute atomic E-state index is 0.0450. The summed E-state index contributed by atoms with van der Waals surface area (Å²) in [5, 5.41) is 0. The highest BCUT2D eigenvalue weighted by atomic mass is 16.5. The molecule has 1 saturated carbocycles. The van der Waals surface area contributed by atoms with Crippen molar-refractivity contribution >= 4 is 17.6 Å². The van der Waals surface area contributed by atoms with Gasteiger partial charge in [-0.15, -0.1) is 0 Å². The molecular formula is C27H35NO3. The number of ether oxygens (including phenoxy) is 1. The van der Waals surface area contributed by atoms with Gasteiger partial charge in [0.2, 0.25) is 5.91 Å². The van der Waals surface area contributed by atoms with Gasteiger partial charge < -0.3 is 9.64 Å². The normalized spacial score (nSPS) is 19.5. The van der Waals surface area contributed by atoms with Crippen molar-refractivity contribution in [3.05, 3.63) is 66.2 Å². The minimum Gasteiger partial charge on any atom is -0.461 e. The van der Waals surface area contributed by atoms with Gasteiger partial charge in [-0.05, 0) is 49.3 Å². The average molecular weight is 422 g/mol. The molecule has 0 saturated heterocycles. The number of rotatable bonds is 7. The summed E-state index contributed by atoms with van der Waals surface area (Å²) < 4.78 is 5.64. The quantitative estimate of drug-likeness (QED) is 0.504. The summed E-state index contributed by atoms with van der Waals surface area (Å²) in [5.41, 5.74) is 1.99. The van der Waals surface area contributed by atoms with Crippen LogP contribution in [0.25, 0.3) is 0 Å². The molecule has 1 aliphatic rings. The van der Waals surface area contributed by atoms with Crippen LogP contribution < -0.4 is 4.90 Å². The molecule has 2 aromatic carbocycles. The third-order valence-corrected chi connectivity index (χ3v) is 6.26. The number of nitrogens with zero attached hydrogens (tertiary/aromatic N) is 1. The molecule has 0 spiro atoms. The van der Waals surface area contributed by atoms with Crippen LogP contribution in [-0.2, 0) is 20.9 Å². The van der Waals surface area contributed by atoms with Crippen LogP contribution >= 0.6 is 0 Å². The first-order valence-corrected chi connectivity index (χ1v) is 11.7. The van der Waals surface area contributed by atoms with Gasteiger partial charge in [-0.2, -0.15) is 0 Å². The molecular weight excluding hydrogens is 386 g/mol. The fourth-order valence-corrected chi connectivity index (χ4v) is 4.40. The lowest BCUT2D eigenvalue weighted by atomic mass is 9.92. The maximum atomic E-state index is 12.8. The van der Waals surface area contributed by atoms with E-state index in [0.717, 1.165) is 62.7 Å².